The van der Waals surface area contributed by atoms with E-state index in [1.807, 2.05) is 19.9 Å². The summed E-state index contributed by atoms with van der Waals surface area (Å²) in [6.45, 7) is 4.18. The van der Waals surface area contributed by atoms with Crippen LogP contribution in [0.3, 0.4) is 0 Å². The molecule has 2 heterocycles. The molecular formula is C17H19N5O4. The molecule has 9 nitrogen and oxygen atoms in total. The van der Waals surface area contributed by atoms with Gasteiger partial charge in [-0.25, -0.2) is 0 Å². The number of carbonyl (C=O) groups excluding carboxylic acids is 1. The van der Waals surface area contributed by atoms with Crippen molar-refractivity contribution in [3.8, 4) is 23.1 Å². The normalized spacial score (nSPS) is 10.6. The molecule has 0 atom stereocenters. The van der Waals surface area contributed by atoms with Gasteiger partial charge < -0.3 is 13.9 Å². The molecule has 0 fully saturated rings. The number of nitrogens with one attached hydrogen (secondary N) is 1. The molecule has 1 aromatic carbocycles. The first kappa shape index (κ1) is 17.5. The SMILES string of the molecule is CCOc1ccc(OCC(=O)Nc2nnc(-c3cc(C)nn3C)o2)cc1. The maximum absolute atomic E-state index is 12.0. The number of hydrogen-bond donors (Lipinski definition) is 1. The number of benzene rings is 1. The third-order valence-corrected chi connectivity index (χ3v) is 3.40. The van der Waals surface area contributed by atoms with Crippen molar-refractivity contribution in [1.29, 1.82) is 0 Å². The Bertz CT molecular complexity index is 885. The van der Waals surface area contributed by atoms with Gasteiger partial charge in [0.05, 0.1) is 12.3 Å². The number of aromatic nitrogens is 4. The molecule has 0 aliphatic heterocycles. The van der Waals surface area contributed by atoms with Gasteiger partial charge in [0, 0.05) is 7.05 Å². The van der Waals surface area contributed by atoms with Crippen molar-refractivity contribution in [2.75, 3.05) is 18.5 Å². The highest BCUT2D eigenvalue weighted by Crippen LogP contribution is 2.20. The molecular weight excluding hydrogens is 338 g/mol. The molecule has 3 rings (SSSR count). The molecule has 1 N–H and O–H groups in total. The molecule has 1 amide bonds. The van der Waals surface area contributed by atoms with Crippen molar-refractivity contribution in [3.05, 3.63) is 36.0 Å². The van der Waals surface area contributed by atoms with Gasteiger partial charge in [-0.05, 0) is 44.2 Å². The first-order valence-corrected chi connectivity index (χ1v) is 8.05. The van der Waals surface area contributed by atoms with Crippen LogP contribution in [0.2, 0.25) is 0 Å². The highest BCUT2D eigenvalue weighted by molar-refractivity contribution is 5.89. The number of anilines is 1. The third kappa shape index (κ3) is 4.18. The lowest BCUT2D eigenvalue weighted by molar-refractivity contribution is -0.118. The van der Waals surface area contributed by atoms with Crippen molar-refractivity contribution in [2.24, 2.45) is 7.05 Å². The lowest BCUT2D eigenvalue weighted by Crippen LogP contribution is -2.20. The van der Waals surface area contributed by atoms with Gasteiger partial charge in [-0.3, -0.25) is 14.8 Å². The maximum atomic E-state index is 12.0. The fourth-order valence-electron chi connectivity index (χ4n) is 2.29. The molecule has 0 radical (unpaired) electrons. The van der Waals surface area contributed by atoms with E-state index in [0.29, 0.717) is 18.1 Å². The standard InChI is InChI=1S/C17H19N5O4/c1-4-24-12-5-7-13(8-6-12)25-10-15(23)18-17-20-19-16(26-17)14-9-11(2)21-22(14)3/h5-9H,4,10H2,1-3H3,(H,18,20,23). The van der Waals surface area contributed by atoms with Gasteiger partial charge in [0.25, 0.3) is 11.8 Å². The van der Waals surface area contributed by atoms with Crippen LogP contribution in [0.25, 0.3) is 11.6 Å². The summed E-state index contributed by atoms with van der Waals surface area (Å²) in [5, 5.41) is 14.4. The molecule has 136 valence electrons. The van der Waals surface area contributed by atoms with E-state index in [9.17, 15) is 4.79 Å². The van der Waals surface area contributed by atoms with E-state index >= 15 is 0 Å². The molecule has 9 heteroatoms. The summed E-state index contributed by atoms with van der Waals surface area (Å²) in [4.78, 5) is 12.0. The fourth-order valence-corrected chi connectivity index (χ4v) is 2.29. The minimum atomic E-state index is -0.407. The van der Waals surface area contributed by atoms with E-state index in [4.69, 9.17) is 13.9 Å². The molecule has 0 saturated carbocycles. The highest BCUT2D eigenvalue weighted by atomic mass is 16.5. The van der Waals surface area contributed by atoms with Crippen LogP contribution in [0.1, 0.15) is 12.6 Å². The lowest BCUT2D eigenvalue weighted by Gasteiger charge is -2.07. The zero-order chi connectivity index (χ0) is 18.5. The van der Waals surface area contributed by atoms with Crippen molar-refractivity contribution < 1.29 is 18.7 Å². The van der Waals surface area contributed by atoms with Crippen LogP contribution in [0.4, 0.5) is 6.01 Å². The predicted octanol–water partition coefficient (Wildman–Crippen LogP) is 2.19. The van der Waals surface area contributed by atoms with E-state index in [-0.39, 0.29) is 18.5 Å². The van der Waals surface area contributed by atoms with Gasteiger partial charge in [0.1, 0.15) is 17.2 Å². The highest BCUT2D eigenvalue weighted by Gasteiger charge is 2.15. The molecule has 3 aromatic rings. The Morgan fingerprint density at radius 1 is 1.19 bits per heavy atom. The number of carbonyl (C=O) groups is 1. The van der Waals surface area contributed by atoms with Gasteiger partial charge in [-0.15, -0.1) is 5.10 Å². The number of hydrogen-bond acceptors (Lipinski definition) is 7. The number of ether oxygens (including phenoxy) is 2. The fraction of sp³-hybridized carbons (Fsp3) is 0.294. The van der Waals surface area contributed by atoms with E-state index in [1.54, 1.807) is 36.0 Å². The second-order valence-electron chi connectivity index (χ2n) is 5.45. The summed E-state index contributed by atoms with van der Waals surface area (Å²) in [6, 6.07) is 8.82. The van der Waals surface area contributed by atoms with E-state index in [1.165, 1.54) is 0 Å². The lowest BCUT2D eigenvalue weighted by atomic mass is 10.3. The van der Waals surface area contributed by atoms with E-state index in [2.05, 4.69) is 20.6 Å². The van der Waals surface area contributed by atoms with E-state index in [0.717, 1.165) is 11.4 Å². The second-order valence-corrected chi connectivity index (χ2v) is 5.45. The number of aryl methyl sites for hydroxylation is 2. The Morgan fingerprint density at radius 3 is 2.50 bits per heavy atom. The van der Waals surface area contributed by atoms with Crippen LogP contribution in [-0.4, -0.2) is 39.1 Å². The topological polar surface area (TPSA) is 104 Å². The summed E-state index contributed by atoms with van der Waals surface area (Å²) in [5.74, 6) is 1.17. The molecule has 0 bridgehead atoms. The van der Waals surface area contributed by atoms with Crippen molar-refractivity contribution in [1.82, 2.24) is 20.0 Å². The Kier molecular flexibility index (Phi) is 5.16. The Morgan fingerprint density at radius 2 is 1.88 bits per heavy atom. The minimum Gasteiger partial charge on any atom is -0.494 e. The Hall–Kier alpha value is -3.36. The van der Waals surface area contributed by atoms with Gasteiger partial charge in [-0.1, -0.05) is 5.10 Å². The van der Waals surface area contributed by atoms with Crippen LogP contribution < -0.4 is 14.8 Å². The molecule has 0 aliphatic carbocycles. The summed E-state index contributed by atoms with van der Waals surface area (Å²) in [5.41, 5.74) is 1.50. The monoisotopic (exact) mass is 357 g/mol. The van der Waals surface area contributed by atoms with Crippen LogP contribution in [0.5, 0.6) is 11.5 Å². The zero-order valence-electron chi connectivity index (χ0n) is 14.7. The number of nitrogens with zero attached hydrogens (tertiary/aromatic N) is 4. The predicted molar refractivity (Wildman–Crippen MR) is 93.0 cm³/mol. The first-order chi connectivity index (χ1) is 12.5. The second kappa shape index (κ2) is 7.68. The number of amides is 1. The smallest absolute Gasteiger partial charge is 0.322 e. The van der Waals surface area contributed by atoms with Crippen molar-refractivity contribution in [3.63, 3.8) is 0 Å². The number of rotatable bonds is 7. The van der Waals surface area contributed by atoms with Crippen LogP contribution in [-0.2, 0) is 11.8 Å². The summed E-state index contributed by atoms with van der Waals surface area (Å²) < 4.78 is 17.8. The van der Waals surface area contributed by atoms with Gasteiger partial charge in [0.2, 0.25) is 0 Å². The Labute approximate surface area is 149 Å². The molecule has 2 aromatic heterocycles. The van der Waals surface area contributed by atoms with Gasteiger partial charge in [-0.2, -0.15) is 5.10 Å². The molecule has 0 aliphatic rings. The summed E-state index contributed by atoms with van der Waals surface area (Å²) in [6.07, 6.45) is 0. The van der Waals surface area contributed by atoms with Crippen LogP contribution in [0.15, 0.2) is 34.7 Å². The largest absolute Gasteiger partial charge is 0.494 e. The Balaban J connectivity index is 1.54. The summed E-state index contributed by atoms with van der Waals surface area (Å²) >= 11 is 0. The molecule has 0 saturated heterocycles. The molecule has 26 heavy (non-hydrogen) atoms. The van der Waals surface area contributed by atoms with Crippen LogP contribution in [0, 0.1) is 6.92 Å². The van der Waals surface area contributed by atoms with Crippen molar-refractivity contribution >= 4 is 11.9 Å². The first-order valence-electron chi connectivity index (χ1n) is 8.05. The average molecular weight is 357 g/mol. The van der Waals surface area contributed by atoms with Gasteiger partial charge >= 0.3 is 6.01 Å². The maximum Gasteiger partial charge on any atom is 0.322 e. The van der Waals surface area contributed by atoms with Gasteiger partial charge in [0.15, 0.2) is 6.61 Å². The minimum absolute atomic E-state index is 0.000790. The third-order valence-electron chi connectivity index (χ3n) is 3.40. The quantitative estimate of drug-likeness (QED) is 0.691. The van der Waals surface area contributed by atoms with Crippen LogP contribution >= 0.6 is 0 Å². The molecule has 0 spiro atoms. The van der Waals surface area contributed by atoms with E-state index < -0.39 is 5.91 Å². The average Bonchev–Trinajstić information content (AvgIpc) is 3.20. The summed E-state index contributed by atoms with van der Waals surface area (Å²) in [7, 11) is 1.77. The molecule has 0 unspecified atom stereocenters. The zero-order valence-corrected chi connectivity index (χ0v) is 14.7. The van der Waals surface area contributed by atoms with Crippen molar-refractivity contribution in [2.45, 2.75) is 13.8 Å².